The fraction of sp³-hybridized carbons (Fsp3) is 0.0370. The Morgan fingerprint density at radius 1 is 0.201 bits per heavy atom. The van der Waals surface area contributed by atoms with E-state index in [9.17, 15) is 0 Å². The molecular formula is C135H86S4. The molecule has 0 atom stereocenters. The van der Waals surface area contributed by atoms with Crippen LogP contribution in [0.4, 0.5) is 0 Å². The average Bonchev–Trinajstić information content (AvgIpc) is 1.52. The van der Waals surface area contributed by atoms with Crippen molar-refractivity contribution in [3.63, 3.8) is 0 Å². The molecule has 0 aliphatic heterocycles. The smallest absolute Gasteiger partial charge is 0.0440 e. The van der Waals surface area contributed by atoms with Crippen molar-refractivity contribution in [3.05, 3.63) is 448 Å². The minimum atomic E-state index is -0.105. The Labute approximate surface area is 820 Å². The molecule has 4 aromatic heterocycles. The first kappa shape index (κ1) is 81.3. The average molecular weight is 1840 g/mol. The summed E-state index contributed by atoms with van der Waals surface area (Å²) in [6.07, 6.45) is 6.63. The summed E-state index contributed by atoms with van der Waals surface area (Å²) in [5, 5.41) is 32.6. The van der Waals surface area contributed by atoms with E-state index in [-0.39, 0.29) is 5.41 Å². The number of benzene rings is 24. The largest absolute Gasteiger partial charge is 0.135 e. The first-order chi connectivity index (χ1) is 68.5. The highest BCUT2D eigenvalue weighted by Crippen LogP contribution is 2.60. The molecular weight excluding hydrogens is 1750 g/mol. The zero-order valence-corrected chi connectivity index (χ0v) is 80.2. The monoisotopic (exact) mass is 1830 g/mol. The van der Waals surface area contributed by atoms with Crippen LogP contribution >= 0.6 is 45.3 Å². The van der Waals surface area contributed by atoms with Crippen molar-refractivity contribution >= 4 is 235 Å². The van der Waals surface area contributed by atoms with Crippen LogP contribution in [0.3, 0.4) is 0 Å². The van der Waals surface area contributed by atoms with E-state index in [1.807, 2.05) is 45.3 Å². The van der Waals surface area contributed by atoms with Crippen LogP contribution in [0.5, 0.6) is 0 Å². The van der Waals surface area contributed by atoms with E-state index in [4.69, 9.17) is 6.58 Å². The van der Waals surface area contributed by atoms with Crippen LogP contribution in [-0.4, -0.2) is 0 Å². The lowest BCUT2D eigenvalue weighted by Gasteiger charge is -2.23. The standard InChI is InChI=1S/C135H86S4/c1-6-36-90-89(7-2)123(96-50-25-20-45-91(96)117(90)80-37-12-8-13-38-80)109-72-86-75-112(126-100-54-29-24-49-95(100)120(83-43-18-11-19-44-83)108-77-88(135(3,4)5)67-70-102(108)126)134-130(122(86)129-105-57-32-33-58-113(105)136-131(109)129)106-69-66-85(76-116(106)139-134)79-63-61-78(62-64-79)84-65-68-101-107(71-84)119(82-41-16-10-17-42-82)94-48-23-28-53-99(94)125(101)111-74-87-73-110(124-97-51-26-21-46-92(97)118(81-39-14-9-15-40-81)93-47-22-27-52-98(93)124)132-127(103-55-30-34-59-114(103)137-132)121(87)128-104-56-31-35-60-115(104)138-133(111)128/h6-77H,2H2,1,3-5H3/b36-6-. The highest BCUT2D eigenvalue weighted by atomic mass is 32.1. The van der Waals surface area contributed by atoms with Gasteiger partial charge in [-0.3, -0.25) is 0 Å². The van der Waals surface area contributed by atoms with Gasteiger partial charge >= 0.3 is 0 Å². The van der Waals surface area contributed by atoms with Gasteiger partial charge in [0, 0.05) is 114 Å². The van der Waals surface area contributed by atoms with E-state index in [0.717, 1.165) is 22.3 Å². The summed E-state index contributed by atoms with van der Waals surface area (Å²) in [6, 6.07) is 160. The van der Waals surface area contributed by atoms with Crippen LogP contribution in [0, 0.1) is 0 Å². The topological polar surface area (TPSA) is 0 Å². The van der Waals surface area contributed by atoms with Gasteiger partial charge in [-0.2, -0.15) is 0 Å². The third-order valence-corrected chi connectivity index (χ3v) is 34.6. The molecule has 139 heavy (non-hydrogen) atoms. The van der Waals surface area contributed by atoms with Gasteiger partial charge in [0.05, 0.1) is 0 Å². The Bertz CT molecular complexity index is 10100. The molecule has 4 heterocycles. The van der Waals surface area contributed by atoms with Gasteiger partial charge in [0.25, 0.3) is 0 Å². The summed E-state index contributed by atoms with van der Waals surface area (Å²) in [7, 11) is 0. The summed E-state index contributed by atoms with van der Waals surface area (Å²) in [4.78, 5) is 0. The third kappa shape index (κ3) is 12.4. The highest BCUT2D eigenvalue weighted by molar-refractivity contribution is 7.28. The number of fused-ring (bicyclic) bond motifs is 25. The van der Waals surface area contributed by atoms with Crippen molar-refractivity contribution in [2.75, 3.05) is 0 Å². The number of thiophene rings is 4. The molecule has 28 rings (SSSR count). The molecule has 0 N–H and O–H groups in total. The maximum Gasteiger partial charge on any atom is 0.0440 e. The van der Waals surface area contributed by atoms with Crippen LogP contribution < -0.4 is 0 Å². The second-order valence-electron chi connectivity index (χ2n) is 38.4. The highest BCUT2D eigenvalue weighted by Gasteiger charge is 2.32. The van der Waals surface area contributed by atoms with Gasteiger partial charge in [0.15, 0.2) is 0 Å². The molecule has 0 unspecified atom stereocenters. The first-order valence-corrected chi connectivity index (χ1v) is 51.4. The van der Waals surface area contributed by atoms with Gasteiger partial charge in [-0.1, -0.05) is 403 Å². The normalized spacial score (nSPS) is 12.3. The van der Waals surface area contributed by atoms with Crippen LogP contribution in [0.1, 0.15) is 44.4 Å². The molecule has 24 aromatic carbocycles. The Kier molecular flexibility index (Phi) is 18.6. The van der Waals surface area contributed by atoms with Crippen LogP contribution in [-0.2, 0) is 5.41 Å². The summed E-state index contributed by atoms with van der Waals surface area (Å²) < 4.78 is 10.2. The van der Waals surface area contributed by atoms with Gasteiger partial charge in [-0.25, -0.2) is 0 Å². The molecule has 0 spiro atoms. The van der Waals surface area contributed by atoms with Crippen LogP contribution in [0.25, 0.3) is 301 Å². The first-order valence-electron chi connectivity index (χ1n) is 48.1. The fourth-order valence-corrected chi connectivity index (χ4v) is 28.8. The van der Waals surface area contributed by atoms with Crippen LogP contribution in [0.2, 0.25) is 0 Å². The van der Waals surface area contributed by atoms with Gasteiger partial charge in [-0.15, -0.1) is 45.3 Å². The van der Waals surface area contributed by atoms with E-state index in [1.165, 1.54) is 283 Å². The molecule has 0 bridgehead atoms. The zero-order valence-electron chi connectivity index (χ0n) is 76.9. The Balaban J connectivity index is 0.657. The van der Waals surface area contributed by atoms with Gasteiger partial charge in [-0.05, 0) is 265 Å². The molecule has 650 valence electrons. The summed E-state index contributed by atoms with van der Waals surface area (Å²) in [5.41, 5.74) is 27.8. The van der Waals surface area contributed by atoms with Crippen molar-refractivity contribution in [3.8, 4) is 111 Å². The van der Waals surface area contributed by atoms with E-state index in [1.54, 1.807) is 0 Å². The molecule has 0 nitrogen and oxygen atoms in total. The second kappa shape index (κ2) is 31.8. The number of rotatable bonds is 12. The minimum absolute atomic E-state index is 0.105. The second-order valence-corrected chi connectivity index (χ2v) is 42.6. The summed E-state index contributed by atoms with van der Waals surface area (Å²) in [5.74, 6) is 0. The molecule has 0 aliphatic carbocycles. The SMILES string of the molecule is C=Cc1c(/C=C\C)c(-c2ccccc2)c2ccccc2c1-c1cc2cc(-c3c4ccccc4c(-c4ccccc4)c4cc(C(C)(C)C)ccc34)c3sc4cc(-c5ccc(-c6ccc7c(-c8cc9cc(-c%10c%11ccccc%11c(-c%11ccccc%11)c%11ccccc%10%11)c%10sc%11ccccc%11c%10c9c9c8sc8ccccc89)c8ccccc8c(-c8ccccc8)c7c6)cc5)ccc4c3c2c2c1sc1ccccc12. The summed E-state index contributed by atoms with van der Waals surface area (Å²) in [6.45, 7) is 13.9. The molecule has 0 radical (unpaired) electrons. The third-order valence-electron chi connectivity index (χ3n) is 29.8. The predicted octanol–water partition coefficient (Wildman–Crippen LogP) is 41.2. The molecule has 0 aliphatic rings. The summed E-state index contributed by atoms with van der Waals surface area (Å²) >= 11 is 7.75. The molecule has 28 aromatic rings. The Hall–Kier alpha value is -16.0. The van der Waals surface area contributed by atoms with Gasteiger partial charge in [0.2, 0.25) is 0 Å². The predicted molar refractivity (Wildman–Crippen MR) is 613 cm³/mol. The quantitative estimate of drug-likeness (QED) is 0.107. The van der Waals surface area contributed by atoms with Crippen molar-refractivity contribution in [1.29, 1.82) is 0 Å². The lowest BCUT2D eigenvalue weighted by Crippen LogP contribution is -2.10. The van der Waals surface area contributed by atoms with Crippen molar-refractivity contribution < 1.29 is 0 Å². The van der Waals surface area contributed by atoms with Crippen molar-refractivity contribution in [2.45, 2.75) is 33.1 Å². The van der Waals surface area contributed by atoms with E-state index < -0.39 is 0 Å². The lowest BCUT2D eigenvalue weighted by atomic mass is 9.80. The maximum absolute atomic E-state index is 4.73. The van der Waals surface area contributed by atoms with E-state index in [0.29, 0.717) is 0 Å². The molecule has 0 saturated heterocycles. The van der Waals surface area contributed by atoms with E-state index >= 15 is 0 Å². The molecule has 4 heteroatoms. The maximum atomic E-state index is 4.73. The number of hydrogen-bond donors (Lipinski definition) is 0. The molecule has 0 saturated carbocycles. The van der Waals surface area contributed by atoms with E-state index in [2.05, 4.69) is 465 Å². The van der Waals surface area contributed by atoms with Crippen molar-refractivity contribution in [2.24, 2.45) is 0 Å². The Morgan fingerprint density at radius 3 is 0.835 bits per heavy atom. The zero-order chi connectivity index (χ0) is 92.1. The number of allylic oxidation sites excluding steroid dienone is 1. The molecule has 0 fully saturated rings. The van der Waals surface area contributed by atoms with Gasteiger partial charge in [0.1, 0.15) is 0 Å². The van der Waals surface area contributed by atoms with Gasteiger partial charge < -0.3 is 0 Å². The Morgan fingerprint density at radius 2 is 0.468 bits per heavy atom. The van der Waals surface area contributed by atoms with Crippen molar-refractivity contribution in [1.82, 2.24) is 0 Å². The lowest BCUT2D eigenvalue weighted by molar-refractivity contribution is 0.591. The number of hydrogen-bond acceptors (Lipinski definition) is 4. The fourth-order valence-electron chi connectivity index (χ4n) is 23.8. The minimum Gasteiger partial charge on any atom is -0.135 e. The van der Waals surface area contributed by atoms with Crippen LogP contribution in [0.15, 0.2) is 431 Å². The molecule has 0 amide bonds.